The van der Waals surface area contributed by atoms with Crippen molar-refractivity contribution < 1.29 is 4.39 Å². The van der Waals surface area contributed by atoms with Crippen molar-refractivity contribution in [3.05, 3.63) is 45.5 Å². The van der Waals surface area contributed by atoms with Crippen LogP contribution in [0.25, 0.3) is 0 Å². The maximum atomic E-state index is 13.6. The molecule has 0 fully saturated rings. The zero-order chi connectivity index (χ0) is 12.4. The van der Waals surface area contributed by atoms with Crippen molar-refractivity contribution >= 4 is 39.0 Å². The average Bonchev–Trinajstić information content (AvgIpc) is 2.21. The third kappa shape index (κ3) is 3.14. The Kier molecular flexibility index (Phi) is 3.59. The Bertz CT molecular complexity index is 542. The van der Waals surface area contributed by atoms with Gasteiger partial charge in [0.1, 0.15) is 22.6 Å². The van der Waals surface area contributed by atoms with Gasteiger partial charge in [0, 0.05) is 10.5 Å². The molecule has 2 aromatic rings. The highest BCUT2D eigenvalue weighted by Crippen LogP contribution is 2.23. The minimum absolute atomic E-state index is 0.317. The van der Waals surface area contributed by atoms with Crippen LogP contribution in [0.15, 0.2) is 28.7 Å². The summed E-state index contributed by atoms with van der Waals surface area (Å²) in [7, 11) is 0. The van der Waals surface area contributed by atoms with Crippen molar-refractivity contribution in [3.63, 3.8) is 0 Å². The zero-order valence-corrected chi connectivity index (χ0v) is 11.2. The Morgan fingerprint density at radius 1 is 1.29 bits per heavy atom. The van der Waals surface area contributed by atoms with E-state index in [1.165, 1.54) is 12.1 Å². The van der Waals surface area contributed by atoms with Crippen molar-refractivity contribution in [2.75, 3.05) is 5.32 Å². The fourth-order valence-corrected chi connectivity index (χ4v) is 1.88. The standard InChI is InChI=1S/C11H8BrClFN3/c1-6-15-10(13)5-11(16-6)17-9-3-2-7(12)4-8(9)14/h2-5H,1H3,(H,15,16,17). The summed E-state index contributed by atoms with van der Waals surface area (Å²) >= 11 is 8.98. The Morgan fingerprint density at radius 2 is 2.06 bits per heavy atom. The summed E-state index contributed by atoms with van der Waals surface area (Å²) in [4.78, 5) is 8.03. The van der Waals surface area contributed by atoms with Gasteiger partial charge in [0.05, 0.1) is 5.69 Å². The highest BCUT2D eigenvalue weighted by Gasteiger charge is 2.05. The van der Waals surface area contributed by atoms with Gasteiger partial charge in [-0.15, -0.1) is 0 Å². The molecule has 17 heavy (non-hydrogen) atoms. The number of nitrogens with one attached hydrogen (secondary N) is 1. The molecule has 6 heteroatoms. The highest BCUT2D eigenvalue weighted by atomic mass is 79.9. The van der Waals surface area contributed by atoms with Crippen molar-refractivity contribution in [1.82, 2.24) is 9.97 Å². The van der Waals surface area contributed by atoms with E-state index in [1.807, 2.05) is 0 Å². The first-order chi connectivity index (χ1) is 8.04. The normalized spacial score (nSPS) is 10.4. The van der Waals surface area contributed by atoms with Crippen LogP contribution >= 0.6 is 27.5 Å². The fraction of sp³-hybridized carbons (Fsp3) is 0.0909. The van der Waals surface area contributed by atoms with Gasteiger partial charge in [0.2, 0.25) is 0 Å². The zero-order valence-electron chi connectivity index (χ0n) is 8.84. The van der Waals surface area contributed by atoms with Crippen molar-refractivity contribution in [2.45, 2.75) is 6.92 Å². The van der Waals surface area contributed by atoms with Crippen LogP contribution in [0.1, 0.15) is 5.82 Å². The van der Waals surface area contributed by atoms with Crippen molar-refractivity contribution in [3.8, 4) is 0 Å². The number of hydrogen-bond acceptors (Lipinski definition) is 3. The second kappa shape index (κ2) is 4.98. The molecule has 0 aliphatic carbocycles. The summed E-state index contributed by atoms with van der Waals surface area (Å²) < 4.78 is 14.2. The summed E-state index contributed by atoms with van der Waals surface area (Å²) in [6.45, 7) is 1.72. The van der Waals surface area contributed by atoms with Crippen LogP contribution in [0.4, 0.5) is 15.9 Å². The predicted molar refractivity (Wildman–Crippen MR) is 69.2 cm³/mol. The summed E-state index contributed by atoms with van der Waals surface area (Å²) in [5, 5.41) is 3.17. The first-order valence-electron chi connectivity index (χ1n) is 4.78. The van der Waals surface area contributed by atoms with Crippen molar-refractivity contribution in [1.29, 1.82) is 0 Å². The molecule has 0 saturated heterocycles. The summed E-state index contributed by atoms with van der Waals surface area (Å²) in [6, 6.07) is 6.26. The minimum atomic E-state index is -0.369. The molecule has 0 bridgehead atoms. The molecular weight excluding hydrogens is 308 g/mol. The smallest absolute Gasteiger partial charge is 0.147 e. The Balaban J connectivity index is 2.31. The minimum Gasteiger partial charge on any atom is -0.338 e. The molecule has 3 nitrogen and oxygen atoms in total. The third-order valence-corrected chi connectivity index (χ3v) is 2.69. The van der Waals surface area contributed by atoms with Gasteiger partial charge in [0.25, 0.3) is 0 Å². The van der Waals surface area contributed by atoms with Gasteiger partial charge in [-0.05, 0) is 25.1 Å². The van der Waals surface area contributed by atoms with E-state index in [-0.39, 0.29) is 5.82 Å². The Labute approximate surface area is 111 Å². The van der Waals surface area contributed by atoms with E-state index in [4.69, 9.17) is 11.6 Å². The van der Waals surface area contributed by atoms with Gasteiger partial charge in [-0.25, -0.2) is 14.4 Å². The average molecular weight is 317 g/mol. The molecule has 2 rings (SSSR count). The molecule has 1 N–H and O–H groups in total. The number of benzene rings is 1. The second-order valence-electron chi connectivity index (χ2n) is 3.37. The van der Waals surface area contributed by atoms with E-state index in [9.17, 15) is 4.39 Å². The first-order valence-corrected chi connectivity index (χ1v) is 5.95. The van der Waals surface area contributed by atoms with Crippen LogP contribution in [-0.4, -0.2) is 9.97 Å². The van der Waals surface area contributed by atoms with Gasteiger partial charge < -0.3 is 5.32 Å². The number of aromatic nitrogens is 2. The lowest BCUT2D eigenvalue weighted by Gasteiger charge is -2.07. The molecule has 0 spiro atoms. The third-order valence-electron chi connectivity index (χ3n) is 2.00. The summed E-state index contributed by atoms with van der Waals surface area (Å²) in [6.07, 6.45) is 0. The molecule has 0 unspecified atom stereocenters. The molecule has 1 aromatic carbocycles. The molecule has 1 heterocycles. The molecule has 0 atom stereocenters. The number of anilines is 2. The van der Waals surface area contributed by atoms with Gasteiger partial charge in [-0.2, -0.15) is 0 Å². The summed E-state index contributed by atoms with van der Waals surface area (Å²) in [5.41, 5.74) is 0.336. The lowest BCUT2D eigenvalue weighted by molar-refractivity contribution is 0.631. The van der Waals surface area contributed by atoms with Crippen LogP contribution in [-0.2, 0) is 0 Å². The van der Waals surface area contributed by atoms with E-state index >= 15 is 0 Å². The highest BCUT2D eigenvalue weighted by molar-refractivity contribution is 9.10. The van der Waals surface area contributed by atoms with E-state index in [0.717, 1.165) is 0 Å². The maximum Gasteiger partial charge on any atom is 0.147 e. The van der Waals surface area contributed by atoms with Crippen LogP contribution in [0.2, 0.25) is 5.15 Å². The molecule has 0 amide bonds. The Morgan fingerprint density at radius 3 is 2.71 bits per heavy atom. The van der Waals surface area contributed by atoms with Crippen LogP contribution < -0.4 is 5.32 Å². The monoisotopic (exact) mass is 315 g/mol. The first kappa shape index (κ1) is 12.3. The molecule has 88 valence electrons. The Hall–Kier alpha value is -1.20. The number of halogens is 3. The number of nitrogens with zero attached hydrogens (tertiary/aromatic N) is 2. The molecule has 0 radical (unpaired) electrons. The molecule has 0 aliphatic heterocycles. The van der Waals surface area contributed by atoms with Crippen molar-refractivity contribution in [2.24, 2.45) is 0 Å². The lowest BCUT2D eigenvalue weighted by Crippen LogP contribution is -1.99. The molecule has 0 saturated carbocycles. The SMILES string of the molecule is Cc1nc(Cl)cc(Nc2ccc(Br)cc2F)n1. The van der Waals surface area contributed by atoms with Crippen LogP contribution in [0.3, 0.4) is 0 Å². The van der Waals surface area contributed by atoms with E-state index < -0.39 is 0 Å². The van der Waals surface area contributed by atoms with Gasteiger partial charge in [-0.3, -0.25) is 0 Å². The van der Waals surface area contributed by atoms with E-state index in [1.54, 1.807) is 19.1 Å². The molecule has 0 aliphatic rings. The van der Waals surface area contributed by atoms with Gasteiger partial charge in [0.15, 0.2) is 0 Å². The van der Waals surface area contributed by atoms with Crippen LogP contribution in [0.5, 0.6) is 0 Å². The number of aryl methyl sites for hydroxylation is 1. The maximum absolute atomic E-state index is 13.6. The van der Waals surface area contributed by atoms with Gasteiger partial charge >= 0.3 is 0 Å². The largest absolute Gasteiger partial charge is 0.338 e. The topological polar surface area (TPSA) is 37.8 Å². The van der Waals surface area contributed by atoms with E-state index in [0.29, 0.717) is 27.0 Å². The molecule has 1 aromatic heterocycles. The summed E-state index contributed by atoms with van der Waals surface area (Å²) in [5.74, 6) is 0.619. The quantitative estimate of drug-likeness (QED) is 0.848. The lowest BCUT2D eigenvalue weighted by atomic mass is 10.3. The van der Waals surface area contributed by atoms with Gasteiger partial charge in [-0.1, -0.05) is 27.5 Å². The van der Waals surface area contributed by atoms with Crippen LogP contribution in [0, 0.1) is 12.7 Å². The molecular formula is C11H8BrClFN3. The number of rotatable bonds is 2. The number of hydrogen-bond donors (Lipinski definition) is 1. The van der Waals surface area contributed by atoms with E-state index in [2.05, 4.69) is 31.2 Å². The predicted octanol–water partition coefficient (Wildman–Crippen LogP) is 4.08. The fourth-order valence-electron chi connectivity index (χ4n) is 1.32. The second-order valence-corrected chi connectivity index (χ2v) is 4.68.